The van der Waals surface area contributed by atoms with E-state index in [2.05, 4.69) is 5.32 Å². The fourth-order valence-electron chi connectivity index (χ4n) is 2.55. The van der Waals surface area contributed by atoms with Crippen LogP contribution in [0.25, 0.3) is 0 Å². The van der Waals surface area contributed by atoms with Crippen LogP contribution in [-0.2, 0) is 9.53 Å². The van der Waals surface area contributed by atoms with Crippen molar-refractivity contribution >= 4 is 23.3 Å². The van der Waals surface area contributed by atoms with Gasteiger partial charge in [0.2, 0.25) is 6.79 Å². The highest BCUT2D eigenvalue weighted by atomic mass is 16.7. The fraction of sp³-hybridized carbons (Fsp3) is 0.211. The molecule has 8 heteroatoms. The zero-order chi connectivity index (χ0) is 19.6. The number of carbonyl (C=O) groups is 3. The summed E-state index contributed by atoms with van der Waals surface area (Å²) in [5.74, 6) is -1.16. The van der Waals surface area contributed by atoms with E-state index in [4.69, 9.17) is 14.2 Å². The molecule has 0 spiro atoms. The summed E-state index contributed by atoms with van der Waals surface area (Å²) >= 11 is 0. The van der Waals surface area contributed by atoms with Gasteiger partial charge in [-0.25, -0.2) is 4.79 Å². The first-order valence-corrected chi connectivity index (χ1v) is 8.06. The van der Waals surface area contributed by atoms with Gasteiger partial charge >= 0.3 is 5.97 Å². The van der Waals surface area contributed by atoms with E-state index in [0.717, 1.165) is 5.56 Å². The molecule has 1 aliphatic heterocycles. The predicted octanol–water partition coefficient (Wildman–Crippen LogP) is 2.43. The molecule has 0 saturated heterocycles. The highest BCUT2D eigenvalue weighted by Crippen LogP contribution is 2.37. The smallest absolute Gasteiger partial charge is 0.342 e. The van der Waals surface area contributed by atoms with Gasteiger partial charge in [-0.1, -0.05) is 6.07 Å². The number of nitrogens with one attached hydrogen (secondary N) is 1. The molecule has 1 amide bonds. The minimum absolute atomic E-state index is 0.0295. The molecule has 2 N–H and O–H groups in total. The van der Waals surface area contributed by atoms with Gasteiger partial charge < -0.3 is 24.6 Å². The number of esters is 1. The maximum Gasteiger partial charge on any atom is 0.342 e. The summed E-state index contributed by atoms with van der Waals surface area (Å²) in [5.41, 5.74) is 1.21. The maximum absolute atomic E-state index is 12.1. The van der Waals surface area contributed by atoms with Crippen molar-refractivity contribution in [1.82, 2.24) is 0 Å². The van der Waals surface area contributed by atoms with E-state index in [1.54, 1.807) is 13.0 Å². The number of aromatic hydroxyl groups is 1. The van der Waals surface area contributed by atoms with Gasteiger partial charge in [0.15, 0.2) is 23.9 Å². The molecular formula is C19H17NO7. The van der Waals surface area contributed by atoms with Gasteiger partial charge in [-0.2, -0.15) is 0 Å². The summed E-state index contributed by atoms with van der Waals surface area (Å²) in [6.07, 6.45) is 0. The number of benzene rings is 2. The zero-order valence-electron chi connectivity index (χ0n) is 14.7. The lowest BCUT2D eigenvalue weighted by Crippen LogP contribution is -2.22. The van der Waals surface area contributed by atoms with E-state index in [9.17, 15) is 19.5 Å². The van der Waals surface area contributed by atoms with Crippen LogP contribution in [0.15, 0.2) is 30.3 Å². The Balaban J connectivity index is 1.67. The Labute approximate surface area is 154 Å². The first kappa shape index (κ1) is 18.2. The summed E-state index contributed by atoms with van der Waals surface area (Å²) < 4.78 is 15.4. The van der Waals surface area contributed by atoms with E-state index < -0.39 is 18.5 Å². The first-order valence-electron chi connectivity index (χ1n) is 8.06. The van der Waals surface area contributed by atoms with Crippen LogP contribution in [0.1, 0.15) is 33.2 Å². The lowest BCUT2D eigenvalue weighted by atomic mass is 10.1. The Morgan fingerprint density at radius 3 is 2.48 bits per heavy atom. The Bertz CT molecular complexity index is 936. The van der Waals surface area contributed by atoms with Crippen molar-refractivity contribution < 1.29 is 33.7 Å². The summed E-state index contributed by atoms with van der Waals surface area (Å²) in [5, 5.41) is 12.3. The van der Waals surface area contributed by atoms with Crippen LogP contribution in [0.3, 0.4) is 0 Å². The van der Waals surface area contributed by atoms with Gasteiger partial charge in [0.1, 0.15) is 11.3 Å². The van der Waals surface area contributed by atoms with E-state index in [-0.39, 0.29) is 35.1 Å². The van der Waals surface area contributed by atoms with E-state index >= 15 is 0 Å². The van der Waals surface area contributed by atoms with Gasteiger partial charge in [-0.3, -0.25) is 9.59 Å². The second-order valence-electron chi connectivity index (χ2n) is 5.95. The maximum atomic E-state index is 12.1. The number of phenolic OH excluding ortho intramolecular Hbond substituents is 1. The van der Waals surface area contributed by atoms with Crippen LogP contribution < -0.4 is 14.8 Å². The summed E-state index contributed by atoms with van der Waals surface area (Å²) in [6.45, 7) is 2.56. The van der Waals surface area contributed by atoms with Gasteiger partial charge in [0.25, 0.3) is 5.91 Å². The molecule has 1 heterocycles. The number of carbonyl (C=O) groups excluding carboxylic acids is 3. The summed E-state index contributed by atoms with van der Waals surface area (Å²) in [6, 6.07) is 7.43. The number of ketones is 1. The highest BCUT2D eigenvalue weighted by Gasteiger charge is 2.21. The molecule has 0 aliphatic carbocycles. The van der Waals surface area contributed by atoms with Crippen molar-refractivity contribution in [3.05, 3.63) is 47.0 Å². The lowest BCUT2D eigenvalue weighted by molar-refractivity contribution is -0.119. The third-order valence-electron chi connectivity index (χ3n) is 3.87. The Kier molecular flexibility index (Phi) is 4.98. The van der Waals surface area contributed by atoms with Crippen molar-refractivity contribution in [3.8, 4) is 17.2 Å². The quantitative estimate of drug-likeness (QED) is 0.613. The molecule has 1 aliphatic rings. The monoisotopic (exact) mass is 371 g/mol. The minimum Gasteiger partial charge on any atom is -0.507 e. The number of phenols is 1. The molecule has 0 unspecified atom stereocenters. The second kappa shape index (κ2) is 7.36. The number of anilines is 1. The van der Waals surface area contributed by atoms with Crippen LogP contribution in [0.4, 0.5) is 5.69 Å². The molecule has 27 heavy (non-hydrogen) atoms. The third kappa shape index (κ3) is 4.00. The molecule has 0 aromatic heterocycles. The molecule has 0 bridgehead atoms. The fourth-order valence-corrected chi connectivity index (χ4v) is 2.55. The lowest BCUT2D eigenvalue weighted by Gasteiger charge is -2.11. The van der Waals surface area contributed by atoms with Crippen molar-refractivity contribution in [2.45, 2.75) is 13.8 Å². The molecule has 0 atom stereocenters. The van der Waals surface area contributed by atoms with Crippen molar-refractivity contribution in [3.63, 3.8) is 0 Å². The van der Waals surface area contributed by atoms with Crippen molar-refractivity contribution in [2.24, 2.45) is 0 Å². The first-order chi connectivity index (χ1) is 12.8. The summed E-state index contributed by atoms with van der Waals surface area (Å²) in [7, 11) is 0. The Morgan fingerprint density at radius 2 is 1.81 bits per heavy atom. The van der Waals surface area contributed by atoms with Gasteiger partial charge in [0, 0.05) is 11.6 Å². The van der Waals surface area contributed by atoms with Crippen LogP contribution >= 0.6 is 0 Å². The van der Waals surface area contributed by atoms with Crippen LogP contribution in [0, 0.1) is 6.92 Å². The van der Waals surface area contributed by atoms with Crippen LogP contribution in [0.2, 0.25) is 0 Å². The number of aryl methyl sites for hydroxylation is 1. The molecule has 0 radical (unpaired) electrons. The van der Waals surface area contributed by atoms with E-state index in [1.165, 1.54) is 31.2 Å². The molecule has 2 aromatic carbocycles. The number of ether oxygens (including phenoxy) is 3. The number of fused-ring (bicyclic) bond motifs is 1. The molecule has 140 valence electrons. The van der Waals surface area contributed by atoms with E-state index in [0.29, 0.717) is 11.5 Å². The van der Waals surface area contributed by atoms with Gasteiger partial charge in [-0.15, -0.1) is 0 Å². The number of hydrogen-bond acceptors (Lipinski definition) is 7. The second-order valence-corrected chi connectivity index (χ2v) is 5.95. The van der Waals surface area contributed by atoms with Gasteiger partial charge in [-0.05, 0) is 37.6 Å². The van der Waals surface area contributed by atoms with Crippen molar-refractivity contribution in [2.75, 3.05) is 18.7 Å². The van der Waals surface area contributed by atoms with E-state index in [1.807, 2.05) is 0 Å². The topological polar surface area (TPSA) is 111 Å². The Hall–Kier alpha value is -3.55. The average molecular weight is 371 g/mol. The summed E-state index contributed by atoms with van der Waals surface area (Å²) in [4.78, 5) is 35.9. The molecule has 3 rings (SSSR count). The van der Waals surface area contributed by atoms with Crippen LogP contribution in [-0.4, -0.2) is 36.2 Å². The number of amides is 1. The molecule has 0 saturated carbocycles. The zero-order valence-corrected chi connectivity index (χ0v) is 14.7. The van der Waals surface area contributed by atoms with Crippen LogP contribution in [0.5, 0.6) is 17.2 Å². The number of rotatable bonds is 5. The normalized spacial score (nSPS) is 11.8. The molecular weight excluding hydrogens is 354 g/mol. The Morgan fingerprint density at radius 1 is 1.11 bits per heavy atom. The average Bonchev–Trinajstić information content (AvgIpc) is 3.06. The standard InChI is InChI=1S/C19H17NO7/c1-10-3-4-12(15(22)5-10)19(24)25-8-18(23)20-14-7-17-16(26-9-27-17)6-13(14)11(2)21/h3-7,22H,8-9H2,1-2H3,(H,20,23). The van der Waals surface area contributed by atoms with Crippen molar-refractivity contribution in [1.29, 1.82) is 0 Å². The molecule has 0 fully saturated rings. The number of Topliss-reactive ketones (excluding diaryl/α,β-unsaturated/α-hetero) is 1. The minimum atomic E-state index is -0.833. The number of hydrogen-bond donors (Lipinski definition) is 2. The SMILES string of the molecule is CC(=O)c1cc2c(cc1NC(=O)COC(=O)c1ccc(C)cc1O)OCO2. The predicted molar refractivity (Wildman–Crippen MR) is 94.3 cm³/mol. The van der Waals surface area contributed by atoms with Gasteiger partial charge in [0.05, 0.1) is 5.69 Å². The molecule has 8 nitrogen and oxygen atoms in total. The highest BCUT2D eigenvalue weighted by molar-refractivity contribution is 6.05. The third-order valence-corrected chi connectivity index (χ3v) is 3.87. The largest absolute Gasteiger partial charge is 0.507 e. The molecule has 2 aromatic rings.